The minimum Gasteiger partial charge on any atom is -0.305 e. The van der Waals surface area contributed by atoms with Crippen molar-refractivity contribution in [1.29, 1.82) is 0 Å². The van der Waals surface area contributed by atoms with E-state index in [1.165, 1.54) is 21.9 Å². The van der Waals surface area contributed by atoms with Crippen molar-refractivity contribution in [3.8, 4) is 0 Å². The molecule has 0 atom stereocenters. The van der Waals surface area contributed by atoms with Gasteiger partial charge in [0.25, 0.3) is 0 Å². The molecule has 4 heteroatoms. The van der Waals surface area contributed by atoms with Crippen molar-refractivity contribution >= 4 is 22.5 Å². The molecule has 0 aliphatic heterocycles. The minimum absolute atomic E-state index is 0.547. The van der Waals surface area contributed by atoms with E-state index in [2.05, 4.69) is 95.3 Å². The molecule has 1 aromatic heterocycles. The van der Waals surface area contributed by atoms with Crippen molar-refractivity contribution < 1.29 is 0 Å². The molecule has 142 valence electrons. The number of thioether (sulfide) groups is 1. The number of aromatic nitrogens is 3. The fraction of sp³-hybridized carbons (Fsp3) is 0.250. The summed E-state index contributed by atoms with van der Waals surface area (Å²) >= 11 is 1.77. The average molecular weight is 388 g/mol. The largest absolute Gasteiger partial charge is 0.305 e. The summed E-state index contributed by atoms with van der Waals surface area (Å²) in [5, 5.41) is 12.6. The maximum atomic E-state index is 4.52. The van der Waals surface area contributed by atoms with Crippen LogP contribution >= 0.6 is 11.8 Å². The van der Waals surface area contributed by atoms with Gasteiger partial charge in [0.2, 0.25) is 0 Å². The average Bonchev–Trinajstić information content (AvgIpc) is 3.07. The van der Waals surface area contributed by atoms with Gasteiger partial charge in [-0.2, -0.15) is 0 Å². The molecule has 1 heterocycles. The number of fused-ring (bicyclic) bond motifs is 1. The van der Waals surface area contributed by atoms with E-state index in [0.717, 1.165) is 29.7 Å². The molecule has 0 amide bonds. The first-order chi connectivity index (χ1) is 13.7. The van der Waals surface area contributed by atoms with E-state index in [0.29, 0.717) is 5.92 Å². The van der Waals surface area contributed by atoms with Gasteiger partial charge in [-0.25, -0.2) is 0 Å². The SMILES string of the molecule is CC(C)Cn1c(Cc2ccccc2)nnc1SCc1ccc2ccccc2c1. The third-order valence-electron chi connectivity index (χ3n) is 4.73. The predicted molar refractivity (Wildman–Crippen MR) is 118 cm³/mol. The number of hydrogen-bond donors (Lipinski definition) is 0. The van der Waals surface area contributed by atoms with Crippen LogP contribution in [-0.4, -0.2) is 14.8 Å². The Morgan fingerprint density at radius 1 is 0.821 bits per heavy atom. The molecule has 0 bridgehead atoms. The van der Waals surface area contributed by atoms with Crippen molar-refractivity contribution in [1.82, 2.24) is 14.8 Å². The Bertz CT molecular complexity index is 1050. The third-order valence-corrected chi connectivity index (χ3v) is 5.77. The highest BCUT2D eigenvalue weighted by atomic mass is 32.2. The highest BCUT2D eigenvalue weighted by Crippen LogP contribution is 2.26. The Morgan fingerprint density at radius 3 is 2.36 bits per heavy atom. The smallest absolute Gasteiger partial charge is 0.191 e. The van der Waals surface area contributed by atoms with Crippen LogP contribution in [0, 0.1) is 5.92 Å². The second kappa shape index (κ2) is 8.61. The van der Waals surface area contributed by atoms with Crippen LogP contribution < -0.4 is 0 Å². The zero-order chi connectivity index (χ0) is 19.3. The number of rotatable bonds is 7. The van der Waals surface area contributed by atoms with E-state index in [4.69, 9.17) is 0 Å². The lowest BCUT2D eigenvalue weighted by molar-refractivity contribution is 0.482. The van der Waals surface area contributed by atoms with E-state index in [9.17, 15) is 0 Å². The lowest BCUT2D eigenvalue weighted by Crippen LogP contribution is -2.10. The van der Waals surface area contributed by atoms with Crippen LogP contribution in [0.5, 0.6) is 0 Å². The molecule has 4 aromatic rings. The van der Waals surface area contributed by atoms with Gasteiger partial charge in [-0.15, -0.1) is 10.2 Å². The van der Waals surface area contributed by atoms with Crippen LogP contribution in [0.3, 0.4) is 0 Å². The van der Waals surface area contributed by atoms with Gasteiger partial charge in [0.05, 0.1) is 0 Å². The Labute approximate surface area is 170 Å². The molecular formula is C24H25N3S. The van der Waals surface area contributed by atoms with Gasteiger partial charge in [-0.3, -0.25) is 0 Å². The molecule has 0 fully saturated rings. The number of hydrogen-bond acceptors (Lipinski definition) is 3. The molecule has 0 N–H and O–H groups in total. The standard InChI is InChI=1S/C24H25N3S/c1-18(2)16-27-23(15-19-8-4-3-5-9-19)25-26-24(27)28-17-20-12-13-21-10-6-7-11-22(21)14-20/h3-14,18H,15-17H2,1-2H3. The Kier molecular flexibility index (Phi) is 5.77. The van der Waals surface area contributed by atoms with Gasteiger partial charge < -0.3 is 4.57 Å². The summed E-state index contributed by atoms with van der Waals surface area (Å²) in [6.45, 7) is 5.42. The third kappa shape index (κ3) is 4.45. The van der Waals surface area contributed by atoms with Crippen molar-refractivity contribution in [2.75, 3.05) is 0 Å². The Balaban J connectivity index is 1.54. The summed E-state index contributed by atoms with van der Waals surface area (Å²) in [6.07, 6.45) is 0.817. The zero-order valence-corrected chi connectivity index (χ0v) is 17.2. The van der Waals surface area contributed by atoms with E-state index in [1.54, 1.807) is 11.8 Å². The molecule has 4 rings (SSSR count). The Morgan fingerprint density at radius 2 is 1.57 bits per heavy atom. The summed E-state index contributed by atoms with van der Waals surface area (Å²) < 4.78 is 2.30. The van der Waals surface area contributed by atoms with Crippen LogP contribution in [0.1, 0.15) is 30.8 Å². The minimum atomic E-state index is 0.547. The molecule has 0 saturated heterocycles. The predicted octanol–water partition coefficient (Wildman–Crippen LogP) is 5.97. The maximum absolute atomic E-state index is 4.52. The van der Waals surface area contributed by atoms with Crippen molar-refractivity contribution in [2.24, 2.45) is 5.92 Å². The quantitative estimate of drug-likeness (QED) is 0.366. The van der Waals surface area contributed by atoms with Crippen LogP contribution in [0.15, 0.2) is 78.0 Å². The normalized spacial score (nSPS) is 11.4. The van der Waals surface area contributed by atoms with Gasteiger partial charge >= 0.3 is 0 Å². The second-order valence-corrected chi connectivity index (χ2v) is 8.48. The van der Waals surface area contributed by atoms with E-state index in [1.807, 2.05) is 6.07 Å². The maximum Gasteiger partial charge on any atom is 0.191 e. The van der Waals surface area contributed by atoms with Crippen LogP contribution in [0.25, 0.3) is 10.8 Å². The fourth-order valence-electron chi connectivity index (χ4n) is 3.36. The van der Waals surface area contributed by atoms with Crippen molar-refractivity contribution in [2.45, 2.75) is 37.7 Å². The van der Waals surface area contributed by atoms with Crippen molar-refractivity contribution in [3.05, 3.63) is 89.7 Å². The highest BCUT2D eigenvalue weighted by Gasteiger charge is 2.14. The zero-order valence-electron chi connectivity index (χ0n) is 16.4. The fourth-order valence-corrected chi connectivity index (χ4v) is 4.27. The summed E-state index contributed by atoms with van der Waals surface area (Å²) in [5.41, 5.74) is 2.58. The summed E-state index contributed by atoms with van der Waals surface area (Å²) in [5.74, 6) is 2.48. The molecule has 3 nitrogen and oxygen atoms in total. The first-order valence-electron chi connectivity index (χ1n) is 9.75. The Hall–Kier alpha value is -2.59. The van der Waals surface area contributed by atoms with Gasteiger partial charge in [-0.05, 0) is 27.8 Å². The molecule has 0 radical (unpaired) electrons. The van der Waals surface area contributed by atoms with E-state index >= 15 is 0 Å². The number of nitrogens with zero attached hydrogens (tertiary/aromatic N) is 3. The monoisotopic (exact) mass is 387 g/mol. The van der Waals surface area contributed by atoms with Crippen LogP contribution in [0.2, 0.25) is 0 Å². The summed E-state index contributed by atoms with van der Waals surface area (Å²) in [6, 6.07) is 25.7. The topological polar surface area (TPSA) is 30.7 Å². The first-order valence-corrected chi connectivity index (χ1v) is 10.7. The molecular weight excluding hydrogens is 362 g/mol. The van der Waals surface area contributed by atoms with E-state index in [-0.39, 0.29) is 0 Å². The lowest BCUT2D eigenvalue weighted by Gasteiger charge is -2.12. The first kappa shape index (κ1) is 18.8. The molecule has 28 heavy (non-hydrogen) atoms. The molecule has 3 aromatic carbocycles. The summed E-state index contributed by atoms with van der Waals surface area (Å²) in [4.78, 5) is 0. The van der Waals surface area contributed by atoms with Gasteiger partial charge in [0.15, 0.2) is 5.16 Å². The van der Waals surface area contributed by atoms with Crippen LogP contribution in [0.4, 0.5) is 0 Å². The van der Waals surface area contributed by atoms with E-state index < -0.39 is 0 Å². The number of benzene rings is 3. The molecule has 0 spiro atoms. The van der Waals surface area contributed by atoms with Gasteiger partial charge in [0, 0.05) is 18.7 Å². The second-order valence-electron chi connectivity index (χ2n) is 7.54. The molecule has 0 aliphatic carbocycles. The molecule has 0 unspecified atom stereocenters. The van der Waals surface area contributed by atoms with Crippen molar-refractivity contribution in [3.63, 3.8) is 0 Å². The molecule has 0 saturated carbocycles. The van der Waals surface area contributed by atoms with Gasteiger partial charge in [-0.1, -0.05) is 98.4 Å². The lowest BCUT2D eigenvalue weighted by atomic mass is 10.1. The highest BCUT2D eigenvalue weighted by molar-refractivity contribution is 7.98. The van der Waals surface area contributed by atoms with Crippen LogP contribution in [-0.2, 0) is 18.7 Å². The summed E-state index contributed by atoms with van der Waals surface area (Å²) in [7, 11) is 0. The van der Waals surface area contributed by atoms with Gasteiger partial charge in [0.1, 0.15) is 5.82 Å². The molecule has 0 aliphatic rings.